The Morgan fingerprint density at radius 3 is 2.68 bits per heavy atom. The molecule has 0 aliphatic carbocycles. The van der Waals surface area contributed by atoms with E-state index in [1.165, 1.54) is 6.07 Å². The number of benzene rings is 3. The summed E-state index contributed by atoms with van der Waals surface area (Å²) >= 11 is 6.02. The van der Waals surface area contributed by atoms with Crippen molar-refractivity contribution in [1.82, 2.24) is 9.97 Å². The number of halogens is 2. The summed E-state index contributed by atoms with van der Waals surface area (Å²) in [6.07, 6.45) is 1.64. The van der Waals surface area contributed by atoms with Gasteiger partial charge in [0.2, 0.25) is 5.95 Å². The maximum absolute atomic E-state index is 13.7. The van der Waals surface area contributed by atoms with Crippen molar-refractivity contribution in [3.63, 3.8) is 0 Å². The summed E-state index contributed by atoms with van der Waals surface area (Å²) in [5.74, 6) is 1.06. The molecule has 1 heterocycles. The fourth-order valence-electron chi connectivity index (χ4n) is 2.88. The van der Waals surface area contributed by atoms with E-state index < -0.39 is 5.82 Å². The molecule has 0 bridgehead atoms. The van der Waals surface area contributed by atoms with Gasteiger partial charge in [-0.2, -0.15) is 4.98 Å². The van der Waals surface area contributed by atoms with E-state index in [0.29, 0.717) is 34.5 Å². The second-order valence-corrected chi connectivity index (χ2v) is 7.02. The van der Waals surface area contributed by atoms with Gasteiger partial charge in [-0.05, 0) is 42.5 Å². The van der Waals surface area contributed by atoms with Crippen LogP contribution in [0.5, 0.6) is 5.75 Å². The van der Waals surface area contributed by atoms with Crippen LogP contribution in [-0.4, -0.2) is 9.97 Å². The van der Waals surface area contributed by atoms with E-state index in [2.05, 4.69) is 20.6 Å². The van der Waals surface area contributed by atoms with Crippen LogP contribution in [0, 0.1) is 5.82 Å². The van der Waals surface area contributed by atoms with Gasteiger partial charge < -0.3 is 21.1 Å². The Morgan fingerprint density at radius 1 is 0.968 bits per heavy atom. The van der Waals surface area contributed by atoms with E-state index in [9.17, 15) is 4.39 Å². The van der Waals surface area contributed by atoms with E-state index in [0.717, 1.165) is 5.69 Å². The third-order valence-corrected chi connectivity index (χ3v) is 4.79. The zero-order chi connectivity index (χ0) is 21.6. The highest BCUT2D eigenvalue weighted by atomic mass is 35.5. The Hall–Kier alpha value is -3.84. The van der Waals surface area contributed by atoms with Gasteiger partial charge in [0.25, 0.3) is 0 Å². The summed E-state index contributed by atoms with van der Waals surface area (Å²) in [4.78, 5) is 8.74. The number of hydrogen-bond acceptors (Lipinski definition) is 6. The minimum absolute atomic E-state index is 0.0524. The zero-order valence-electron chi connectivity index (χ0n) is 16.3. The number of rotatable bonds is 7. The van der Waals surface area contributed by atoms with Crippen molar-refractivity contribution in [1.29, 1.82) is 0 Å². The molecule has 4 rings (SSSR count). The summed E-state index contributed by atoms with van der Waals surface area (Å²) in [6, 6.07) is 21.1. The van der Waals surface area contributed by atoms with Gasteiger partial charge in [0, 0.05) is 23.1 Å². The van der Waals surface area contributed by atoms with E-state index in [4.69, 9.17) is 22.1 Å². The van der Waals surface area contributed by atoms with Crippen LogP contribution in [0.15, 0.2) is 79.0 Å². The van der Waals surface area contributed by atoms with Gasteiger partial charge in [0.15, 0.2) is 0 Å². The van der Waals surface area contributed by atoms with E-state index in [-0.39, 0.29) is 11.6 Å². The molecule has 0 fully saturated rings. The molecule has 0 unspecified atom stereocenters. The van der Waals surface area contributed by atoms with Crippen molar-refractivity contribution in [3.8, 4) is 5.75 Å². The highest BCUT2D eigenvalue weighted by molar-refractivity contribution is 6.31. The first-order chi connectivity index (χ1) is 15.1. The van der Waals surface area contributed by atoms with Crippen LogP contribution in [-0.2, 0) is 6.61 Å². The molecule has 0 atom stereocenters. The van der Waals surface area contributed by atoms with Gasteiger partial charge in [-0.3, -0.25) is 0 Å². The number of nitrogens with two attached hydrogens (primary N) is 1. The monoisotopic (exact) mass is 435 g/mol. The Balaban J connectivity index is 1.49. The summed E-state index contributed by atoms with van der Waals surface area (Å²) in [5, 5.41) is 6.40. The lowest BCUT2D eigenvalue weighted by Gasteiger charge is -2.14. The lowest BCUT2D eigenvalue weighted by atomic mass is 10.2. The molecule has 0 aliphatic heterocycles. The van der Waals surface area contributed by atoms with Crippen molar-refractivity contribution in [2.75, 3.05) is 16.4 Å². The molecule has 8 heteroatoms. The third kappa shape index (κ3) is 5.21. The standard InChI is InChI=1S/C23H19ClFN5O/c24-22-15(5-3-8-18(22)25)14-31-20-10-2-1-9-19(20)29-23-27-12-11-21(30-23)28-17-7-4-6-16(26)13-17/h1-13H,14,26H2,(H2,27,28,29,30). The normalized spacial score (nSPS) is 10.5. The first kappa shape index (κ1) is 20.4. The molecule has 4 N–H and O–H groups in total. The molecule has 0 saturated carbocycles. The number of anilines is 5. The number of aromatic nitrogens is 2. The summed E-state index contributed by atoms with van der Waals surface area (Å²) in [6.45, 7) is 0.118. The molecular formula is C23H19ClFN5O. The van der Waals surface area contributed by atoms with Crippen LogP contribution in [0.2, 0.25) is 5.02 Å². The molecule has 1 aromatic heterocycles. The first-order valence-corrected chi connectivity index (χ1v) is 9.83. The lowest BCUT2D eigenvalue weighted by molar-refractivity contribution is 0.307. The molecule has 0 radical (unpaired) electrons. The number of para-hydroxylation sites is 2. The molecule has 0 spiro atoms. The van der Waals surface area contributed by atoms with E-state index in [1.54, 1.807) is 30.5 Å². The summed E-state index contributed by atoms with van der Waals surface area (Å²) < 4.78 is 19.5. The number of nitrogen functional groups attached to an aromatic ring is 1. The van der Waals surface area contributed by atoms with E-state index >= 15 is 0 Å². The zero-order valence-corrected chi connectivity index (χ0v) is 17.1. The average Bonchev–Trinajstić information content (AvgIpc) is 2.76. The van der Waals surface area contributed by atoms with Gasteiger partial charge in [-0.15, -0.1) is 0 Å². The minimum Gasteiger partial charge on any atom is -0.487 e. The quantitative estimate of drug-likeness (QED) is 0.312. The van der Waals surface area contributed by atoms with Crippen LogP contribution in [0.25, 0.3) is 0 Å². The van der Waals surface area contributed by atoms with Gasteiger partial charge in [-0.1, -0.05) is 41.9 Å². The maximum atomic E-state index is 13.7. The average molecular weight is 436 g/mol. The van der Waals surface area contributed by atoms with Crippen LogP contribution < -0.4 is 21.1 Å². The second-order valence-electron chi connectivity index (χ2n) is 6.64. The minimum atomic E-state index is -0.480. The van der Waals surface area contributed by atoms with Gasteiger partial charge in [0.1, 0.15) is 24.0 Å². The predicted molar refractivity (Wildman–Crippen MR) is 122 cm³/mol. The van der Waals surface area contributed by atoms with Gasteiger partial charge >= 0.3 is 0 Å². The van der Waals surface area contributed by atoms with E-state index in [1.807, 2.05) is 42.5 Å². The molecule has 0 amide bonds. The first-order valence-electron chi connectivity index (χ1n) is 9.46. The number of hydrogen-bond donors (Lipinski definition) is 3. The Morgan fingerprint density at radius 2 is 1.81 bits per heavy atom. The Labute approximate surface area is 183 Å². The number of ether oxygens (including phenoxy) is 1. The topological polar surface area (TPSA) is 85.1 Å². The SMILES string of the molecule is Nc1cccc(Nc2ccnc(Nc3ccccc3OCc3cccc(F)c3Cl)n2)c1. The Bertz CT molecular complexity index is 1200. The molecule has 156 valence electrons. The van der Waals surface area contributed by atoms with Gasteiger partial charge in [-0.25, -0.2) is 9.37 Å². The Kier molecular flexibility index (Phi) is 6.14. The summed E-state index contributed by atoms with van der Waals surface area (Å²) in [7, 11) is 0. The molecule has 6 nitrogen and oxygen atoms in total. The number of nitrogens with zero attached hydrogens (tertiary/aromatic N) is 2. The highest BCUT2D eigenvalue weighted by Crippen LogP contribution is 2.29. The largest absolute Gasteiger partial charge is 0.487 e. The second kappa shape index (κ2) is 9.32. The van der Waals surface area contributed by atoms with Crippen LogP contribution in [0.1, 0.15) is 5.56 Å². The van der Waals surface area contributed by atoms with Crippen molar-refractivity contribution in [3.05, 3.63) is 95.4 Å². The van der Waals surface area contributed by atoms with Gasteiger partial charge in [0.05, 0.1) is 10.7 Å². The van der Waals surface area contributed by atoms with Crippen LogP contribution in [0.3, 0.4) is 0 Å². The molecule has 0 saturated heterocycles. The fourth-order valence-corrected chi connectivity index (χ4v) is 3.07. The van der Waals surface area contributed by atoms with Crippen molar-refractivity contribution >= 4 is 40.4 Å². The molecular weight excluding hydrogens is 417 g/mol. The predicted octanol–water partition coefficient (Wildman–Crippen LogP) is 5.92. The van der Waals surface area contributed by atoms with Crippen molar-refractivity contribution in [2.24, 2.45) is 0 Å². The van der Waals surface area contributed by atoms with Crippen LogP contribution >= 0.6 is 11.6 Å². The van der Waals surface area contributed by atoms with Crippen molar-refractivity contribution in [2.45, 2.75) is 6.61 Å². The van der Waals surface area contributed by atoms with Crippen molar-refractivity contribution < 1.29 is 9.13 Å². The molecule has 31 heavy (non-hydrogen) atoms. The lowest BCUT2D eigenvalue weighted by Crippen LogP contribution is -2.03. The fraction of sp³-hybridized carbons (Fsp3) is 0.0435. The maximum Gasteiger partial charge on any atom is 0.229 e. The number of nitrogens with one attached hydrogen (secondary N) is 2. The summed E-state index contributed by atoms with van der Waals surface area (Å²) in [5.41, 5.74) is 8.51. The van der Waals surface area contributed by atoms with Crippen LogP contribution in [0.4, 0.5) is 33.2 Å². The smallest absolute Gasteiger partial charge is 0.229 e. The third-order valence-electron chi connectivity index (χ3n) is 4.36. The molecule has 3 aromatic carbocycles. The highest BCUT2D eigenvalue weighted by Gasteiger charge is 2.10. The molecule has 0 aliphatic rings. The molecule has 4 aromatic rings.